The minimum absolute atomic E-state index is 0.00274. The maximum absolute atomic E-state index is 11.7. The van der Waals surface area contributed by atoms with E-state index in [0.29, 0.717) is 104 Å². The van der Waals surface area contributed by atoms with Crippen molar-refractivity contribution in [2.45, 2.75) is 118 Å². The molecule has 5 aliphatic rings. The topological polar surface area (TPSA) is 532 Å². The number of carbonyl (C=O) groups is 2. The largest absolute Gasteiger partial charge is 0.478 e. The molecular weight excluding hydrogens is 1270 g/mol. The van der Waals surface area contributed by atoms with Crippen LogP contribution in [0.2, 0.25) is 0 Å². The minimum Gasteiger partial charge on any atom is -0.478 e. The Morgan fingerprint density at radius 1 is 0.604 bits per heavy atom. The second-order valence-electron chi connectivity index (χ2n) is 22.2. The molecule has 17 N–H and O–H groups in total. The number of ether oxygens (including phenoxy) is 7. The Labute approximate surface area is 546 Å². The van der Waals surface area contributed by atoms with Crippen molar-refractivity contribution >= 4 is 28.5 Å². The van der Waals surface area contributed by atoms with E-state index in [-0.39, 0.29) is 31.1 Å². The summed E-state index contributed by atoms with van der Waals surface area (Å²) in [5.74, 6) is 1.84. The fourth-order valence-corrected chi connectivity index (χ4v) is 10.5. The maximum Gasteiger partial charge on any atom is 0.336 e. The molecule has 10 rings (SSSR count). The summed E-state index contributed by atoms with van der Waals surface area (Å²) in [4.78, 5) is 24.0. The summed E-state index contributed by atoms with van der Waals surface area (Å²) in [6.07, 6.45) is -12.9. The molecule has 4 aliphatic heterocycles. The van der Waals surface area contributed by atoms with Crippen LogP contribution in [0.1, 0.15) is 53.0 Å². The molecule has 2 aromatic carbocycles. The molecule has 36 heteroatoms. The Balaban J connectivity index is 0.000000220. The lowest BCUT2D eigenvalue weighted by Crippen LogP contribution is -2.56. The van der Waals surface area contributed by atoms with Crippen LogP contribution in [0.4, 0.5) is 5.69 Å². The molecule has 1 unspecified atom stereocenters. The number of amides is 1. The standard InChI is InChI=1S/C27H42N10O15.C20H14N2O3.C13H23NO5/c38-7-13-16(41)19(44)22(47)25(50-13)35-4-10(28-31-35)1-34(2-11-5-36(32-29-11)26-23(48)20(45)17(42)14(8-39)51-26)3-12-6-37(33-30-12)27-24(49)21(46)18(43)15(9-40)52-27;21-11-5-7-15-17(9-11)25-18-10-12(22)6-8-16(18)19(15)13-3-1-2-4-14(13)20(23)24;1-3-5-16-7-9-18-11-12-19-10-8-17-6-4-14-13(2)15/h4-6,13-27,38-49H,1-3,7-9H2;1-10,21H,22H2,(H,23,24);1H,4-12H2,2H3,(H,14,15)/t13-,14-,15-,16-,17-,18-,19+,20+,21+,22-,23-,24-,25-,26-,27?;;/m1../s1. The van der Waals surface area contributed by atoms with Crippen molar-refractivity contribution in [2.75, 3.05) is 85.0 Å². The average Bonchev–Trinajstić information content (AvgIpc) is 1.01. The van der Waals surface area contributed by atoms with Gasteiger partial charge >= 0.3 is 5.97 Å². The van der Waals surface area contributed by atoms with Crippen molar-refractivity contribution in [1.29, 1.82) is 5.41 Å². The van der Waals surface area contributed by atoms with Crippen LogP contribution < -0.4 is 16.4 Å². The number of benzene rings is 3. The number of terminal acetylenes is 1. The Morgan fingerprint density at radius 2 is 1.05 bits per heavy atom. The van der Waals surface area contributed by atoms with E-state index in [1.807, 2.05) is 6.07 Å². The van der Waals surface area contributed by atoms with Crippen LogP contribution >= 0.6 is 0 Å². The number of carboxylic acid groups (broad SMARTS) is 1. The van der Waals surface area contributed by atoms with Crippen LogP contribution in [0.5, 0.6) is 0 Å². The number of fused-ring (bicyclic) bond motifs is 2. The highest BCUT2D eigenvalue weighted by Crippen LogP contribution is 2.42. The van der Waals surface area contributed by atoms with Gasteiger partial charge in [0.2, 0.25) is 5.91 Å². The zero-order chi connectivity index (χ0) is 69.2. The predicted octanol–water partition coefficient (Wildman–Crippen LogP) is -4.63. The number of aromatic carboxylic acids is 1. The van der Waals surface area contributed by atoms with Crippen molar-refractivity contribution in [2.24, 2.45) is 0 Å². The first-order chi connectivity index (χ1) is 46.2. The molecule has 3 aromatic heterocycles. The van der Waals surface area contributed by atoms with Gasteiger partial charge in [-0.25, -0.2) is 18.8 Å². The van der Waals surface area contributed by atoms with E-state index in [0.717, 1.165) is 30.6 Å². The van der Waals surface area contributed by atoms with Gasteiger partial charge in [-0.3, -0.25) is 9.69 Å². The number of nitrogens with one attached hydrogen (secondary N) is 2. The molecule has 1 aliphatic carbocycles. The number of aromatic nitrogens is 9. The molecule has 0 saturated carbocycles. The fraction of sp³-hybridized carbons (Fsp3) is 0.517. The van der Waals surface area contributed by atoms with E-state index >= 15 is 0 Å². The van der Waals surface area contributed by atoms with Gasteiger partial charge in [0.25, 0.3) is 0 Å². The van der Waals surface area contributed by atoms with Gasteiger partial charge in [0.15, 0.2) is 18.7 Å². The van der Waals surface area contributed by atoms with Crippen LogP contribution in [-0.2, 0) is 57.6 Å². The van der Waals surface area contributed by atoms with E-state index < -0.39 is 118 Å². The average molecular weight is 1350 g/mol. The monoisotopic (exact) mass is 1350 g/mol. The molecule has 96 heavy (non-hydrogen) atoms. The summed E-state index contributed by atoms with van der Waals surface area (Å²) >= 11 is 0. The third-order valence-electron chi connectivity index (χ3n) is 15.3. The van der Waals surface area contributed by atoms with Gasteiger partial charge in [0.1, 0.15) is 91.2 Å². The number of nitrogen functional groups attached to an aromatic ring is 1. The lowest BCUT2D eigenvalue weighted by atomic mass is 9.91. The zero-order valence-electron chi connectivity index (χ0n) is 51.8. The third-order valence-corrected chi connectivity index (χ3v) is 15.3. The molecule has 3 fully saturated rings. The molecule has 36 nitrogen and oxygen atoms in total. The first kappa shape index (κ1) is 73.9. The van der Waals surface area contributed by atoms with E-state index in [4.69, 9.17) is 55.1 Å². The summed E-state index contributed by atoms with van der Waals surface area (Å²) in [5.41, 5.74) is 10.2. The summed E-state index contributed by atoms with van der Waals surface area (Å²) in [5, 5.41) is 167. The van der Waals surface area contributed by atoms with Gasteiger partial charge in [0, 0.05) is 67.4 Å². The highest BCUT2D eigenvalue weighted by Gasteiger charge is 2.47. The number of carbonyl (C=O) groups excluding carboxylic acids is 1. The Morgan fingerprint density at radius 3 is 1.49 bits per heavy atom. The Kier molecular flexibility index (Phi) is 27.2. The van der Waals surface area contributed by atoms with Crippen LogP contribution in [0.3, 0.4) is 0 Å². The summed E-state index contributed by atoms with van der Waals surface area (Å²) in [6, 6.07) is 17.2. The van der Waals surface area contributed by atoms with E-state index in [9.17, 15) is 76.0 Å². The Hall–Kier alpha value is -7.95. The first-order valence-corrected chi connectivity index (χ1v) is 30.1. The number of nitrogens with zero attached hydrogens (tertiary/aromatic N) is 10. The second kappa shape index (κ2) is 35.3. The molecule has 3 saturated heterocycles. The van der Waals surface area contributed by atoms with Gasteiger partial charge in [-0.1, -0.05) is 39.8 Å². The summed E-state index contributed by atoms with van der Waals surface area (Å²) < 4.78 is 46.7. The van der Waals surface area contributed by atoms with Crippen LogP contribution in [0, 0.1) is 17.8 Å². The normalized spacial score (nSPS) is 25.8. The summed E-state index contributed by atoms with van der Waals surface area (Å²) in [6.45, 7) is 3.91. The smallest absolute Gasteiger partial charge is 0.336 e. The van der Waals surface area contributed by atoms with Crippen LogP contribution in [-0.4, -0.2) is 281 Å². The molecule has 0 bridgehead atoms. The van der Waals surface area contributed by atoms with Gasteiger partial charge in [-0.05, 0) is 35.9 Å². The molecule has 522 valence electrons. The fourth-order valence-electron chi connectivity index (χ4n) is 10.5. The highest BCUT2D eigenvalue weighted by molar-refractivity contribution is 6.07. The van der Waals surface area contributed by atoms with Gasteiger partial charge in [-0.2, -0.15) is 0 Å². The number of rotatable bonds is 27. The quantitative estimate of drug-likeness (QED) is 0.00997. The maximum atomic E-state index is 11.7. The van der Waals surface area contributed by atoms with Gasteiger partial charge in [0.05, 0.1) is 113 Å². The number of aliphatic hydroxyl groups is 12. The zero-order valence-corrected chi connectivity index (χ0v) is 51.8. The summed E-state index contributed by atoms with van der Waals surface area (Å²) in [7, 11) is 0. The lowest BCUT2D eigenvalue weighted by Gasteiger charge is -2.39. The Bertz CT molecular complexity index is 3480. The number of hydrogen-bond acceptors (Lipinski definition) is 31. The number of anilines is 1. The van der Waals surface area contributed by atoms with E-state index in [1.165, 1.54) is 25.5 Å². The SMILES string of the molecule is C#CCOCCOCCOCCOCCNC(C)=O.N=c1ccc2c(-c3ccccc3C(=O)O)c3ccc(N)cc3oc-2c1.OC[C@H]1O[C@@H](n2cc(CN(Cc3cn(C4O[C@H](CO)[C@@H](O)[C@H](O)[C@H]4O)nn3)Cc3cn([C@@H]4O[C@H](CO)[C@@H](O)[C@H](O)[C@H]4O)nn3)nn2)[C@H](O)[C@@H](O)[C@@H]1O. The predicted molar refractivity (Wildman–Crippen MR) is 326 cm³/mol. The second-order valence-corrected chi connectivity index (χ2v) is 22.2. The van der Waals surface area contributed by atoms with Gasteiger partial charge in [-0.15, -0.1) is 21.7 Å². The van der Waals surface area contributed by atoms with Crippen molar-refractivity contribution in [1.82, 2.24) is 55.2 Å². The van der Waals surface area contributed by atoms with Crippen molar-refractivity contribution in [3.63, 3.8) is 0 Å². The van der Waals surface area contributed by atoms with Crippen molar-refractivity contribution < 1.29 is 114 Å². The molecule has 15 atom stereocenters. The van der Waals surface area contributed by atoms with Crippen LogP contribution in [0.25, 0.3) is 33.4 Å². The third kappa shape index (κ3) is 18.8. The first-order valence-electron chi connectivity index (χ1n) is 30.1. The highest BCUT2D eigenvalue weighted by atomic mass is 16.6. The molecule has 0 spiro atoms. The van der Waals surface area contributed by atoms with Crippen molar-refractivity contribution in [3.8, 4) is 34.8 Å². The molecular formula is C60H79N13O23. The van der Waals surface area contributed by atoms with Crippen molar-refractivity contribution in [3.05, 3.63) is 107 Å². The molecule has 7 heterocycles. The van der Waals surface area contributed by atoms with Crippen LogP contribution in [0.15, 0.2) is 83.7 Å². The van der Waals surface area contributed by atoms with Gasteiger partial charge < -0.3 is 120 Å². The number of hydrogen-bond donors (Lipinski definition) is 16. The number of carboxylic acids is 1. The lowest BCUT2D eigenvalue weighted by molar-refractivity contribution is -0.254. The van der Waals surface area contributed by atoms with E-state index in [1.54, 1.807) is 59.5 Å². The molecule has 5 aromatic rings. The number of aliphatic hydroxyl groups excluding tert-OH is 12. The van der Waals surface area contributed by atoms with E-state index in [2.05, 4.69) is 42.2 Å². The molecule has 0 radical (unpaired) electrons. The minimum atomic E-state index is -1.65. The number of nitrogens with two attached hydrogens (primary N) is 1. The molecule has 1 amide bonds.